The summed E-state index contributed by atoms with van der Waals surface area (Å²) in [6, 6.07) is 10.9. The molecular weight excluding hydrogens is 470 g/mol. The van der Waals surface area contributed by atoms with Gasteiger partial charge in [-0.2, -0.15) is 0 Å². The van der Waals surface area contributed by atoms with Crippen LogP contribution in [0.3, 0.4) is 0 Å². The third-order valence-corrected chi connectivity index (χ3v) is 6.82. The van der Waals surface area contributed by atoms with E-state index < -0.39 is 21.0 Å². The molecule has 28 heavy (non-hydrogen) atoms. The fourth-order valence-electron chi connectivity index (χ4n) is 2.30. The van der Waals surface area contributed by atoms with Crippen LogP contribution in [0.1, 0.15) is 24.2 Å². The Morgan fingerprint density at radius 1 is 1.18 bits per heavy atom. The number of amides is 1. The Labute approximate surface area is 175 Å². The minimum atomic E-state index is -3.44. The second kappa shape index (κ2) is 8.02. The summed E-state index contributed by atoms with van der Waals surface area (Å²) in [5.74, 6) is -0.436. The first-order valence-electron chi connectivity index (χ1n) is 8.12. The average molecular weight is 485 g/mol. The van der Waals surface area contributed by atoms with Crippen molar-refractivity contribution in [2.45, 2.75) is 24.0 Å². The zero-order valence-electron chi connectivity index (χ0n) is 14.8. The Kier molecular flexibility index (Phi) is 5.87. The van der Waals surface area contributed by atoms with Crippen LogP contribution in [-0.2, 0) is 9.84 Å². The molecule has 2 aromatic carbocycles. The molecule has 3 rings (SSSR count). The molecule has 0 bridgehead atoms. The number of hydrogen-bond acceptors (Lipinski definition) is 6. The van der Waals surface area contributed by atoms with Crippen LogP contribution in [0.4, 0.5) is 6.01 Å². The average Bonchev–Trinajstić information content (AvgIpc) is 3.12. The van der Waals surface area contributed by atoms with Crippen LogP contribution >= 0.6 is 27.5 Å². The lowest BCUT2D eigenvalue weighted by atomic mass is 10.2. The molecule has 0 atom stereocenters. The highest BCUT2D eigenvalue weighted by Gasteiger charge is 2.21. The van der Waals surface area contributed by atoms with E-state index in [0.717, 1.165) is 0 Å². The van der Waals surface area contributed by atoms with Gasteiger partial charge in [0, 0.05) is 10.0 Å². The van der Waals surface area contributed by atoms with Crippen molar-refractivity contribution in [1.29, 1.82) is 0 Å². The zero-order chi connectivity index (χ0) is 20.5. The minimum absolute atomic E-state index is 0.0800. The van der Waals surface area contributed by atoms with Gasteiger partial charge >= 0.3 is 6.01 Å². The molecule has 0 unspecified atom stereocenters. The molecule has 0 saturated carbocycles. The van der Waals surface area contributed by atoms with E-state index in [4.69, 9.17) is 16.0 Å². The molecule has 0 aliphatic carbocycles. The largest absolute Gasteiger partial charge is 0.403 e. The Balaban J connectivity index is 1.85. The number of hydrogen-bond donors (Lipinski definition) is 1. The monoisotopic (exact) mass is 483 g/mol. The predicted molar refractivity (Wildman–Crippen MR) is 109 cm³/mol. The van der Waals surface area contributed by atoms with E-state index in [-0.39, 0.29) is 27.4 Å². The molecule has 7 nitrogen and oxygen atoms in total. The number of aromatic nitrogens is 2. The number of nitrogens with one attached hydrogen (secondary N) is 1. The van der Waals surface area contributed by atoms with Crippen molar-refractivity contribution in [3.8, 4) is 11.5 Å². The van der Waals surface area contributed by atoms with E-state index in [1.165, 1.54) is 12.1 Å². The van der Waals surface area contributed by atoms with Gasteiger partial charge in [0.15, 0.2) is 9.84 Å². The van der Waals surface area contributed by atoms with E-state index in [9.17, 15) is 13.2 Å². The van der Waals surface area contributed by atoms with Crippen molar-refractivity contribution in [3.05, 3.63) is 57.5 Å². The summed E-state index contributed by atoms with van der Waals surface area (Å²) >= 11 is 9.32. The molecule has 1 heterocycles. The van der Waals surface area contributed by atoms with Crippen molar-refractivity contribution in [1.82, 2.24) is 10.2 Å². The quantitative estimate of drug-likeness (QED) is 0.568. The number of carbonyl (C=O) groups is 1. The van der Waals surface area contributed by atoms with Crippen molar-refractivity contribution < 1.29 is 17.6 Å². The molecule has 0 saturated heterocycles. The van der Waals surface area contributed by atoms with Gasteiger partial charge in [0.25, 0.3) is 5.91 Å². The predicted octanol–water partition coefficient (Wildman–Crippen LogP) is 4.59. The molecule has 0 aliphatic heterocycles. The number of rotatable bonds is 5. The number of halogens is 2. The molecule has 0 aliphatic rings. The molecule has 146 valence electrons. The lowest BCUT2D eigenvalue weighted by Crippen LogP contribution is -2.13. The second-order valence-corrected chi connectivity index (χ2v) is 9.94. The molecule has 0 radical (unpaired) electrons. The van der Waals surface area contributed by atoms with Crippen molar-refractivity contribution >= 4 is 49.3 Å². The van der Waals surface area contributed by atoms with E-state index >= 15 is 0 Å². The summed E-state index contributed by atoms with van der Waals surface area (Å²) in [5, 5.41) is 9.84. The number of benzene rings is 2. The first kappa shape index (κ1) is 20.5. The molecule has 10 heteroatoms. The highest BCUT2D eigenvalue weighted by atomic mass is 79.9. The molecule has 0 fully saturated rings. The van der Waals surface area contributed by atoms with Crippen molar-refractivity contribution in [3.63, 3.8) is 0 Å². The van der Waals surface area contributed by atoms with Gasteiger partial charge in [0.2, 0.25) is 5.89 Å². The Morgan fingerprint density at radius 2 is 1.93 bits per heavy atom. The van der Waals surface area contributed by atoms with Gasteiger partial charge in [-0.25, -0.2) is 8.42 Å². The highest BCUT2D eigenvalue weighted by molar-refractivity contribution is 9.10. The van der Waals surface area contributed by atoms with Crippen LogP contribution in [-0.4, -0.2) is 29.8 Å². The maximum atomic E-state index is 12.4. The SMILES string of the molecule is CC(C)S(=O)(=O)c1cccc(-c2nnc(NC(=O)c3cc(Br)ccc3Cl)o2)c1. The maximum absolute atomic E-state index is 12.4. The fraction of sp³-hybridized carbons (Fsp3) is 0.167. The summed E-state index contributed by atoms with van der Waals surface area (Å²) in [4.78, 5) is 12.5. The van der Waals surface area contributed by atoms with Gasteiger partial charge in [0.1, 0.15) is 0 Å². The van der Waals surface area contributed by atoms with Gasteiger partial charge in [-0.15, -0.1) is 5.10 Å². The smallest absolute Gasteiger partial charge is 0.322 e. The second-order valence-electron chi connectivity index (χ2n) is 6.11. The van der Waals surface area contributed by atoms with Crippen molar-refractivity contribution in [2.75, 3.05) is 5.32 Å². The van der Waals surface area contributed by atoms with Crippen LogP contribution in [0.5, 0.6) is 0 Å². The maximum Gasteiger partial charge on any atom is 0.322 e. The van der Waals surface area contributed by atoms with Gasteiger partial charge in [0.05, 0.1) is 20.7 Å². The lowest BCUT2D eigenvalue weighted by molar-refractivity contribution is 0.102. The van der Waals surface area contributed by atoms with Crippen LogP contribution in [0.25, 0.3) is 11.5 Å². The first-order valence-corrected chi connectivity index (χ1v) is 10.8. The molecule has 3 aromatic rings. The fourth-order valence-corrected chi connectivity index (χ4v) is 3.97. The summed E-state index contributed by atoms with van der Waals surface area (Å²) in [7, 11) is -3.44. The number of nitrogens with zero attached hydrogens (tertiary/aromatic N) is 2. The first-order chi connectivity index (χ1) is 13.2. The Morgan fingerprint density at radius 3 is 2.64 bits per heavy atom. The van der Waals surface area contributed by atoms with Crippen LogP contribution in [0.2, 0.25) is 5.02 Å². The summed E-state index contributed by atoms with van der Waals surface area (Å²) in [5.41, 5.74) is 0.663. The van der Waals surface area contributed by atoms with E-state index in [1.807, 2.05) is 0 Å². The van der Waals surface area contributed by atoms with Gasteiger partial charge in [-0.05, 0) is 50.2 Å². The summed E-state index contributed by atoms with van der Waals surface area (Å²) < 4.78 is 30.8. The van der Waals surface area contributed by atoms with Gasteiger partial charge in [-0.3, -0.25) is 10.1 Å². The summed E-state index contributed by atoms with van der Waals surface area (Å²) in [6.45, 7) is 3.21. The molecule has 1 aromatic heterocycles. The van der Waals surface area contributed by atoms with Gasteiger partial charge < -0.3 is 4.42 Å². The highest BCUT2D eigenvalue weighted by Crippen LogP contribution is 2.26. The Hall–Kier alpha value is -2.23. The third-order valence-electron chi connectivity index (χ3n) is 3.85. The zero-order valence-corrected chi connectivity index (χ0v) is 18.0. The normalized spacial score (nSPS) is 11.6. The molecule has 0 spiro atoms. The third kappa shape index (κ3) is 4.26. The number of carbonyl (C=O) groups excluding carboxylic acids is 1. The molecule has 1 N–H and O–H groups in total. The van der Waals surface area contributed by atoms with Crippen LogP contribution in [0.15, 0.2) is 56.2 Å². The van der Waals surface area contributed by atoms with E-state index in [0.29, 0.717) is 10.0 Å². The minimum Gasteiger partial charge on any atom is -0.403 e. The number of sulfone groups is 1. The lowest BCUT2D eigenvalue weighted by Gasteiger charge is -2.08. The Bertz CT molecular complexity index is 1150. The van der Waals surface area contributed by atoms with Crippen molar-refractivity contribution in [2.24, 2.45) is 0 Å². The molecular formula is C18H15BrClN3O4S. The van der Waals surface area contributed by atoms with E-state index in [1.54, 1.807) is 44.2 Å². The standard InChI is InChI=1S/C18H15BrClN3O4S/c1-10(2)28(25,26)13-5-3-4-11(8-13)17-22-23-18(27-17)21-16(24)14-9-12(19)6-7-15(14)20/h3-10H,1-2H3,(H,21,23,24). The summed E-state index contributed by atoms with van der Waals surface area (Å²) in [6.07, 6.45) is 0. The van der Waals surface area contributed by atoms with E-state index in [2.05, 4.69) is 31.4 Å². The van der Waals surface area contributed by atoms with Crippen LogP contribution < -0.4 is 5.32 Å². The van der Waals surface area contributed by atoms with Crippen LogP contribution in [0, 0.1) is 0 Å². The topological polar surface area (TPSA) is 102 Å². The number of anilines is 1. The van der Waals surface area contributed by atoms with Gasteiger partial charge in [-0.1, -0.05) is 38.7 Å². The molecule has 1 amide bonds.